The Bertz CT molecular complexity index is 937. The van der Waals surface area contributed by atoms with E-state index >= 15 is 0 Å². The number of fused-ring (bicyclic) bond motifs is 4. The van der Waals surface area contributed by atoms with Crippen molar-refractivity contribution in [3.8, 4) is 0 Å². The molecular formula is C25H34Cl4N2O. The first kappa shape index (κ1) is 27.6. The van der Waals surface area contributed by atoms with Gasteiger partial charge < -0.3 is 10.5 Å². The third-order valence-corrected chi connectivity index (χ3v) is 8.40. The number of hydrogen-bond donors (Lipinski definition) is 1. The first-order valence-electron chi connectivity index (χ1n) is 10.8. The van der Waals surface area contributed by atoms with Gasteiger partial charge in [-0.3, -0.25) is 4.90 Å². The van der Waals surface area contributed by atoms with Gasteiger partial charge in [-0.05, 0) is 54.5 Å². The molecule has 32 heavy (non-hydrogen) atoms. The zero-order valence-corrected chi connectivity index (χ0v) is 22.3. The lowest BCUT2D eigenvalue weighted by Crippen LogP contribution is -2.64. The molecule has 3 atom stereocenters. The Kier molecular flexibility index (Phi) is 8.87. The van der Waals surface area contributed by atoms with Crippen LogP contribution >= 0.6 is 48.0 Å². The number of ether oxygens (including phenoxy) is 1. The van der Waals surface area contributed by atoms with Crippen LogP contribution in [0.3, 0.4) is 0 Å². The van der Waals surface area contributed by atoms with E-state index in [-0.39, 0.29) is 41.7 Å². The van der Waals surface area contributed by atoms with Crippen LogP contribution in [0.1, 0.15) is 50.8 Å². The van der Waals surface area contributed by atoms with E-state index in [0.717, 1.165) is 36.5 Å². The van der Waals surface area contributed by atoms with Crippen LogP contribution in [0.2, 0.25) is 10.0 Å². The van der Waals surface area contributed by atoms with Gasteiger partial charge in [0.25, 0.3) is 0 Å². The largest absolute Gasteiger partial charge is 0.397 e. The molecule has 2 bridgehead atoms. The number of nitrogens with zero attached hydrogens (tertiary/aromatic N) is 1. The first-order chi connectivity index (χ1) is 14.1. The Hall–Kier alpha value is -0.680. The molecule has 4 rings (SSSR count). The smallest absolute Gasteiger partial charge is 0.0721 e. The van der Waals surface area contributed by atoms with Crippen molar-refractivity contribution in [3.63, 3.8) is 0 Å². The van der Waals surface area contributed by atoms with E-state index in [1.165, 1.54) is 11.1 Å². The average Bonchev–Trinajstić information content (AvgIpc) is 2.69. The summed E-state index contributed by atoms with van der Waals surface area (Å²) in [7, 11) is 0. The first-order valence-corrected chi connectivity index (χ1v) is 11.6. The number of halogens is 4. The third kappa shape index (κ3) is 4.62. The summed E-state index contributed by atoms with van der Waals surface area (Å²) in [5.41, 5.74) is 10.7. The van der Waals surface area contributed by atoms with Crippen molar-refractivity contribution < 1.29 is 4.74 Å². The van der Waals surface area contributed by atoms with Gasteiger partial charge in [-0.15, -0.1) is 24.8 Å². The van der Waals surface area contributed by atoms with Crippen molar-refractivity contribution in [1.29, 1.82) is 0 Å². The van der Waals surface area contributed by atoms with E-state index < -0.39 is 0 Å². The fraction of sp³-hybridized carbons (Fsp3) is 0.520. The zero-order chi connectivity index (χ0) is 21.7. The molecule has 3 unspecified atom stereocenters. The Morgan fingerprint density at radius 2 is 1.78 bits per heavy atom. The van der Waals surface area contributed by atoms with Crippen molar-refractivity contribution in [2.45, 2.75) is 64.7 Å². The van der Waals surface area contributed by atoms with E-state index in [1.54, 1.807) is 0 Å². The highest BCUT2D eigenvalue weighted by Crippen LogP contribution is 2.59. The lowest BCUT2D eigenvalue weighted by Gasteiger charge is -2.61. The molecule has 1 fully saturated rings. The number of benzene rings is 2. The molecule has 2 N–H and O–H groups in total. The second kappa shape index (κ2) is 10.3. The number of nitrogen functional groups attached to an aromatic ring is 1. The van der Waals surface area contributed by atoms with Crippen LogP contribution in [0, 0.1) is 5.41 Å². The van der Waals surface area contributed by atoms with Crippen molar-refractivity contribution in [3.05, 3.63) is 63.1 Å². The minimum atomic E-state index is -0.0360. The minimum absolute atomic E-state index is 0. The zero-order valence-electron chi connectivity index (χ0n) is 19.2. The van der Waals surface area contributed by atoms with Gasteiger partial charge in [0.2, 0.25) is 0 Å². The molecule has 0 amide bonds. The number of likely N-dealkylation sites (tertiary alicyclic amines) is 1. The molecule has 0 saturated carbocycles. The molecule has 178 valence electrons. The van der Waals surface area contributed by atoms with Gasteiger partial charge in [-0.2, -0.15) is 0 Å². The monoisotopic (exact) mass is 518 g/mol. The van der Waals surface area contributed by atoms with Crippen LogP contribution in [0.25, 0.3) is 0 Å². The van der Waals surface area contributed by atoms with Crippen molar-refractivity contribution in [2.75, 3.05) is 18.8 Å². The molecular weight excluding hydrogens is 486 g/mol. The molecule has 0 radical (unpaired) electrons. The topological polar surface area (TPSA) is 38.5 Å². The maximum atomic E-state index is 6.73. The summed E-state index contributed by atoms with van der Waals surface area (Å²) < 4.78 is 6.18. The molecule has 7 heteroatoms. The van der Waals surface area contributed by atoms with Crippen LogP contribution in [0.5, 0.6) is 0 Å². The summed E-state index contributed by atoms with van der Waals surface area (Å²) in [5.74, 6) is 0. The Morgan fingerprint density at radius 1 is 1.12 bits per heavy atom. The Balaban J connectivity index is 0.00000181. The predicted molar refractivity (Wildman–Crippen MR) is 141 cm³/mol. The molecule has 2 aliphatic rings. The highest BCUT2D eigenvalue weighted by atomic mass is 35.5. The van der Waals surface area contributed by atoms with Crippen LogP contribution in [-0.4, -0.2) is 30.1 Å². The molecule has 0 aromatic heterocycles. The van der Waals surface area contributed by atoms with E-state index in [4.69, 9.17) is 33.7 Å². The van der Waals surface area contributed by atoms with Gasteiger partial charge in [0.05, 0.1) is 23.4 Å². The Labute approximate surface area is 214 Å². The summed E-state index contributed by atoms with van der Waals surface area (Å²) in [6.45, 7) is 11.9. The molecule has 1 saturated heterocycles. The van der Waals surface area contributed by atoms with Crippen LogP contribution in [0.4, 0.5) is 5.69 Å². The van der Waals surface area contributed by atoms with Crippen LogP contribution < -0.4 is 5.73 Å². The summed E-state index contributed by atoms with van der Waals surface area (Å²) >= 11 is 13.1. The lowest BCUT2D eigenvalue weighted by atomic mass is 9.51. The maximum absolute atomic E-state index is 6.73. The summed E-state index contributed by atoms with van der Waals surface area (Å²) in [6.07, 6.45) is 2.05. The summed E-state index contributed by atoms with van der Waals surface area (Å²) in [4.78, 5) is 2.59. The standard InChI is InChI=1S/C25H32Cl2N2O.2ClH/c1-16(30-15-17-8-6-5-7-9-17)14-29-11-10-25(4)22-18(12-21(29)24(25,2)3)23(28)20(27)13-19(22)26;;/h5-9,13,16,21H,10-12,14-15,28H2,1-4H3;2*1H. The molecule has 2 aromatic rings. The molecule has 0 spiro atoms. The predicted octanol–water partition coefficient (Wildman–Crippen LogP) is 6.94. The maximum Gasteiger partial charge on any atom is 0.0721 e. The van der Waals surface area contributed by atoms with Gasteiger partial charge in [-0.25, -0.2) is 0 Å². The van der Waals surface area contributed by atoms with E-state index in [0.29, 0.717) is 23.4 Å². The van der Waals surface area contributed by atoms with Crippen molar-refractivity contribution in [1.82, 2.24) is 4.90 Å². The number of piperidine rings is 1. The van der Waals surface area contributed by atoms with E-state index in [1.807, 2.05) is 12.1 Å². The van der Waals surface area contributed by atoms with Gasteiger partial charge in [0.15, 0.2) is 0 Å². The second-order valence-electron chi connectivity index (χ2n) is 9.73. The number of hydrogen-bond acceptors (Lipinski definition) is 3. The Morgan fingerprint density at radius 3 is 2.44 bits per heavy atom. The van der Waals surface area contributed by atoms with Gasteiger partial charge >= 0.3 is 0 Å². The molecule has 1 aliphatic carbocycles. The fourth-order valence-electron chi connectivity index (χ4n) is 5.60. The van der Waals surface area contributed by atoms with Crippen molar-refractivity contribution >= 4 is 53.7 Å². The van der Waals surface area contributed by atoms with Crippen LogP contribution in [0.15, 0.2) is 36.4 Å². The molecule has 2 aromatic carbocycles. The summed E-state index contributed by atoms with van der Waals surface area (Å²) in [6, 6.07) is 12.5. The number of anilines is 1. The molecule has 1 aliphatic heterocycles. The third-order valence-electron chi connectivity index (χ3n) is 7.79. The van der Waals surface area contributed by atoms with Gasteiger partial charge in [0.1, 0.15) is 0 Å². The quantitative estimate of drug-likeness (QED) is 0.435. The summed E-state index contributed by atoms with van der Waals surface area (Å²) in [5, 5.41) is 1.32. The minimum Gasteiger partial charge on any atom is -0.397 e. The van der Waals surface area contributed by atoms with Gasteiger partial charge in [-0.1, -0.05) is 74.3 Å². The SMILES string of the molecule is CC(CN1CCC2(C)c3c(Cl)cc(Cl)c(N)c3CC1C2(C)C)OCc1ccccc1.Cl.Cl. The van der Waals surface area contributed by atoms with E-state index in [9.17, 15) is 0 Å². The van der Waals surface area contributed by atoms with Gasteiger partial charge in [0, 0.05) is 23.0 Å². The van der Waals surface area contributed by atoms with E-state index in [2.05, 4.69) is 56.9 Å². The highest BCUT2D eigenvalue weighted by molar-refractivity contribution is 6.37. The normalized spacial score (nSPS) is 24.6. The number of nitrogens with two attached hydrogens (primary N) is 1. The lowest BCUT2D eigenvalue weighted by molar-refractivity contribution is -0.0646. The molecule has 3 nitrogen and oxygen atoms in total. The average molecular weight is 520 g/mol. The van der Waals surface area contributed by atoms with Crippen molar-refractivity contribution in [2.24, 2.45) is 5.41 Å². The highest BCUT2D eigenvalue weighted by Gasteiger charge is 2.57. The van der Waals surface area contributed by atoms with Crippen LogP contribution in [-0.2, 0) is 23.2 Å². The second-order valence-corrected chi connectivity index (χ2v) is 10.5. The fourth-order valence-corrected chi connectivity index (χ4v) is 6.31. The number of rotatable bonds is 5. The molecule has 1 heterocycles.